The Kier molecular flexibility index (Phi) is 14.8. The van der Waals surface area contributed by atoms with Crippen LogP contribution in [0.25, 0.3) is 0 Å². The maximum absolute atomic E-state index is 5.97. The minimum atomic E-state index is 0.409. The van der Waals surface area contributed by atoms with Gasteiger partial charge in [0.2, 0.25) is 0 Å². The standard InChI is InChI=1S/C29H44ClN3O2/c1-9-13-26(33-20-18-27(22-33)32(7)8)15-12-14-24(5)35-29(31-6)28(11-3)34-21-19-25(10-2)17-16-23(4)30/h9,11-17,27H,5,10,18-22H2,1-4,6-8H3/b13-9-,14-12+,23-16+,25-17+,26-15+,28-11-,31-29?. The smallest absolute Gasteiger partial charge is 0.257 e. The van der Waals surface area contributed by atoms with E-state index in [2.05, 4.69) is 66.7 Å². The molecule has 1 rings (SSSR count). The normalized spacial score (nSPS) is 18.9. The van der Waals surface area contributed by atoms with Crippen LogP contribution in [0, 0.1) is 0 Å². The van der Waals surface area contributed by atoms with Crippen molar-refractivity contribution >= 4 is 17.5 Å². The van der Waals surface area contributed by atoms with Crippen LogP contribution >= 0.6 is 11.6 Å². The highest BCUT2D eigenvalue weighted by Gasteiger charge is 2.24. The Morgan fingerprint density at radius 1 is 1.20 bits per heavy atom. The summed E-state index contributed by atoms with van der Waals surface area (Å²) >= 11 is 5.93. The number of hydrogen-bond acceptors (Lipinski definition) is 5. The zero-order chi connectivity index (χ0) is 26.2. The van der Waals surface area contributed by atoms with E-state index in [4.69, 9.17) is 21.1 Å². The molecule has 0 aromatic heterocycles. The zero-order valence-corrected chi connectivity index (χ0v) is 23.4. The van der Waals surface area contributed by atoms with E-state index >= 15 is 0 Å². The van der Waals surface area contributed by atoms with Crippen molar-refractivity contribution in [1.82, 2.24) is 9.80 Å². The van der Waals surface area contributed by atoms with Crippen LogP contribution < -0.4 is 0 Å². The first kappa shape index (κ1) is 30.5. The number of hydrogen-bond donors (Lipinski definition) is 0. The highest BCUT2D eigenvalue weighted by atomic mass is 35.5. The molecule has 0 N–H and O–H groups in total. The first-order valence-corrected chi connectivity index (χ1v) is 12.7. The molecule has 194 valence electrons. The Morgan fingerprint density at radius 3 is 2.49 bits per heavy atom. The molecule has 1 aliphatic rings. The van der Waals surface area contributed by atoms with Crippen LogP contribution in [0.15, 0.2) is 88.0 Å². The Balaban J connectivity index is 2.73. The molecule has 1 unspecified atom stereocenters. The third-order valence-corrected chi connectivity index (χ3v) is 5.86. The number of likely N-dealkylation sites (N-methyl/N-ethyl adjacent to an activating group) is 1. The van der Waals surface area contributed by atoms with Crippen molar-refractivity contribution in [2.45, 2.75) is 53.0 Å². The van der Waals surface area contributed by atoms with Gasteiger partial charge in [-0.15, -0.1) is 0 Å². The minimum Gasteiger partial charge on any atom is -0.488 e. The molecule has 1 saturated heterocycles. The lowest BCUT2D eigenvalue weighted by atomic mass is 10.1. The molecule has 35 heavy (non-hydrogen) atoms. The van der Waals surface area contributed by atoms with Gasteiger partial charge in [-0.05, 0) is 78.1 Å². The molecule has 0 aromatic rings. The fourth-order valence-corrected chi connectivity index (χ4v) is 3.69. The number of likely N-dealkylation sites (tertiary alicyclic amines) is 1. The van der Waals surface area contributed by atoms with Gasteiger partial charge in [0.15, 0.2) is 5.76 Å². The molecule has 1 heterocycles. The highest BCUT2D eigenvalue weighted by Crippen LogP contribution is 2.19. The number of halogens is 1. The molecule has 0 bridgehead atoms. The van der Waals surface area contributed by atoms with Crippen molar-refractivity contribution in [2.75, 3.05) is 40.8 Å². The Morgan fingerprint density at radius 2 is 1.94 bits per heavy atom. The third kappa shape index (κ3) is 11.7. The maximum atomic E-state index is 5.97. The van der Waals surface area contributed by atoms with Crippen LogP contribution in [0.3, 0.4) is 0 Å². The summed E-state index contributed by atoms with van der Waals surface area (Å²) in [7, 11) is 5.97. The van der Waals surface area contributed by atoms with Gasteiger partial charge in [-0.2, -0.15) is 0 Å². The molecular formula is C29H44ClN3O2. The molecule has 5 nitrogen and oxygen atoms in total. The van der Waals surface area contributed by atoms with Crippen molar-refractivity contribution in [3.05, 3.63) is 83.0 Å². The summed E-state index contributed by atoms with van der Waals surface area (Å²) in [6.07, 6.45) is 18.9. The van der Waals surface area contributed by atoms with Gasteiger partial charge in [0.25, 0.3) is 5.90 Å². The lowest BCUT2D eigenvalue weighted by Gasteiger charge is -2.22. The van der Waals surface area contributed by atoms with E-state index in [0.29, 0.717) is 30.1 Å². The third-order valence-electron chi connectivity index (χ3n) is 5.73. The van der Waals surface area contributed by atoms with Crippen LogP contribution in [-0.2, 0) is 9.47 Å². The molecule has 0 radical (unpaired) electrons. The molecule has 0 aromatic carbocycles. The summed E-state index contributed by atoms with van der Waals surface area (Å²) in [5.74, 6) is 1.50. The molecule has 6 heteroatoms. The number of allylic oxidation sites excluding steroid dienone is 9. The van der Waals surface area contributed by atoms with Gasteiger partial charge in [-0.1, -0.05) is 48.9 Å². The average molecular weight is 502 g/mol. The highest BCUT2D eigenvalue weighted by molar-refractivity contribution is 6.29. The van der Waals surface area contributed by atoms with Crippen LogP contribution in [-0.4, -0.2) is 62.6 Å². The fourth-order valence-electron chi connectivity index (χ4n) is 3.62. The van der Waals surface area contributed by atoms with Crippen molar-refractivity contribution in [2.24, 2.45) is 4.99 Å². The van der Waals surface area contributed by atoms with E-state index < -0.39 is 0 Å². The molecule has 1 fully saturated rings. The van der Waals surface area contributed by atoms with E-state index in [1.165, 1.54) is 17.7 Å². The second-order valence-electron chi connectivity index (χ2n) is 8.58. The van der Waals surface area contributed by atoms with Gasteiger partial charge in [0, 0.05) is 43.3 Å². The van der Waals surface area contributed by atoms with E-state index in [9.17, 15) is 0 Å². The van der Waals surface area contributed by atoms with Gasteiger partial charge in [-0.3, -0.25) is 4.99 Å². The summed E-state index contributed by atoms with van der Waals surface area (Å²) < 4.78 is 11.9. The Bertz CT molecular complexity index is 888. The largest absolute Gasteiger partial charge is 0.488 e. The molecule has 0 amide bonds. The predicted molar refractivity (Wildman–Crippen MR) is 152 cm³/mol. The number of nitrogens with zero attached hydrogens (tertiary/aromatic N) is 3. The zero-order valence-electron chi connectivity index (χ0n) is 22.7. The molecule has 1 aliphatic heterocycles. The molecule has 0 spiro atoms. The summed E-state index contributed by atoms with van der Waals surface area (Å²) in [4.78, 5) is 8.97. The van der Waals surface area contributed by atoms with Gasteiger partial charge < -0.3 is 19.3 Å². The van der Waals surface area contributed by atoms with E-state index in [1.54, 1.807) is 7.05 Å². The number of aliphatic imine (C=N–C) groups is 1. The van der Waals surface area contributed by atoms with Gasteiger partial charge in [0.1, 0.15) is 5.76 Å². The van der Waals surface area contributed by atoms with Crippen LogP contribution in [0.4, 0.5) is 0 Å². The monoisotopic (exact) mass is 501 g/mol. The van der Waals surface area contributed by atoms with Crippen LogP contribution in [0.1, 0.15) is 47.0 Å². The van der Waals surface area contributed by atoms with Crippen molar-refractivity contribution in [1.29, 1.82) is 0 Å². The average Bonchev–Trinajstić information content (AvgIpc) is 3.32. The molecule has 0 aliphatic carbocycles. The summed E-state index contributed by atoms with van der Waals surface area (Å²) in [5, 5.41) is 0.761. The van der Waals surface area contributed by atoms with Crippen LogP contribution in [0.2, 0.25) is 0 Å². The van der Waals surface area contributed by atoms with Crippen molar-refractivity contribution in [3.8, 4) is 0 Å². The van der Waals surface area contributed by atoms with Crippen molar-refractivity contribution < 1.29 is 9.47 Å². The minimum absolute atomic E-state index is 0.409. The quantitative estimate of drug-likeness (QED) is 0.118. The first-order valence-electron chi connectivity index (χ1n) is 12.3. The fraction of sp³-hybridized carbons (Fsp3) is 0.483. The van der Waals surface area contributed by atoms with Gasteiger partial charge in [-0.25, -0.2) is 0 Å². The van der Waals surface area contributed by atoms with E-state index in [0.717, 1.165) is 31.0 Å². The summed E-state index contributed by atoms with van der Waals surface area (Å²) in [5.41, 5.74) is 2.45. The summed E-state index contributed by atoms with van der Waals surface area (Å²) in [6, 6.07) is 0.582. The Labute approximate surface area is 218 Å². The topological polar surface area (TPSA) is 37.3 Å². The molecule has 1 atom stereocenters. The maximum Gasteiger partial charge on any atom is 0.257 e. The number of ether oxygens (including phenoxy) is 2. The molecular weight excluding hydrogens is 458 g/mol. The lowest BCUT2D eigenvalue weighted by Crippen LogP contribution is -2.31. The van der Waals surface area contributed by atoms with Gasteiger partial charge >= 0.3 is 0 Å². The van der Waals surface area contributed by atoms with Crippen LogP contribution in [0.5, 0.6) is 0 Å². The second-order valence-corrected chi connectivity index (χ2v) is 9.18. The number of rotatable bonds is 13. The Hall–Kier alpha value is -2.50. The predicted octanol–water partition coefficient (Wildman–Crippen LogP) is 6.99. The lowest BCUT2D eigenvalue weighted by molar-refractivity contribution is 0.220. The van der Waals surface area contributed by atoms with Crippen molar-refractivity contribution in [3.63, 3.8) is 0 Å². The van der Waals surface area contributed by atoms with E-state index in [1.807, 2.05) is 45.1 Å². The van der Waals surface area contributed by atoms with E-state index in [-0.39, 0.29) is 0 Å². The molecule has 0 saturated carbocycles. The first-order chi connectivity index (χ1) is 16.7. The summed E-state index contributed by atoms with van der Waals surface area (Å²) in [6.45, 7) is 14.6. The van der Waals surface area contributed by atoms with Gasteiger partial charge in [0.05, 0.1) is 6.61 Å². The SMILES string of the molecule is C=C(/C=C/C=C(\C=C/C)N1CCC(N(C)C)C1)OC(=NC)/C(=C/C)OCC/C(=C/C=C(\C)Cl)CC. The second kappa shape index (κ2) is 17.0.